The number of hydrogen-bond acceptors (Lipinski definition) is 6. The number of aryl methyl sites for hydroxylation is 1. The van der Waals surface area contributed by atoms with E-state index in [2.05, 4.69) is 33.2 Å². The van der Waals surface area contributed by atoms with Gasteiger partial charge in [0.25, 0.3) is 5.91 Å². The van der Waals surface area contributed by atoms with Crippen molar-refractivity contribution >= 4 is 56.5 Å². The van der Waals surface area contributed by atoms with E-state index in [1.165, 1.54) is 17.3 Å². The van der Waals surface area contributed by atoms with Crippen molar-refractivity contribution in [3.63, 3.8) is 0 Å². The van der Waals surface area contributed by atoms with Crippen LogP contribution >= 0.6 is 27.7 Å². The molecule has 0 atom stereocenters. The smallest absolute Gasteiger partial charge is 0.344 e. The third kappa shape index (κ3) is 5.96. The summed E-state index contributed by atoms with van der Waals surface area (Å²) in [6.45, 7) is 3.92. The first kappa shape index (κ1) is 22.1. The zero-order valence-electron chi connectivity index (χ0n) is 16.6. The molecule has 1 aliphatic rings. The molecule has 1 saturated heterocycles. The Kier molecular flexibility index (Phi) is 7.70. The third-order valence-corrected chi connectivity index (χ3v) is 5.54. The average molecular weight is 489 g/mol. The lowest BCUT2D eigenvalue weighted by Gasteiger charge is -2.09. The van der Waals surface area contributed by atoms with E-state index in [1.807, 2.05) is 30.3 Å². The molecule has 0 spiro atoms. The molecule has 3 rings (SSSR count). The van der Waals surface area contributed by atoms with Gasteiger partial charge in [0, 0.05) is 10.0 Å². The number of amides is 1. The summed E-state index contributed by atoms with van der Waals surface area (Å²) < 4.78 is 11.3. The summed E-state index contributed by atoms with van der Waals surface area (Å²) in [5.41, 5.74) is 2.67. The average Bonchev–Trinajstić information content (AvgIpc) is 3.07. The Bertz CT molecular complexity index is 1000. The molecule has 1 N–H and O–H groups in total. The minimum atomic E-state index is -0.449. The van der Waals surface area contributed by atoms with Crippen LogP contribution in [-0.2, 0) is 20.7 Å². The lowest BCUT2D eigenvalue weighted by atomic mass is 10.2. The van der Waals surface area contributed by atoms with Crippen LogP contribution in [-0.4, -0.2) is 30.3 Å². The molecule has 0 radical (unpaired) electrons. The fourth-order valence-corrected chi connectivity index (χ4v) is 3.86. The van der Waals surface area contributed by atoms with Gasteiger partial charge in [0.1, 0.15) is 5.75 Å². The molecule has 1 heterocycles. The number of ether oxygens (including phenoxy) is 2. The second-order valence-electron chi connectivity index (χ2n) is 6.28. The van der Waals surface area contributed by atoms with Crippen LogP contribution in [0.4, 0.5) is 5.69 Å². The van der Waals surface area contributed by atoms with Crippen molar-refractivity contribution in [2.24, 2.45) is 4.99 Å². The Morgan fingerprint density at radius 1 is 1.20 bits per heavy atom. The Morgan fingerprint density at radius 3 is 2.67 bits per heavy atom. The minimum Gasteiger partial charge on any atom is -0.481 e. The second-order valence-corrected chi connectivity index (χ2v) is 8.22. The Balaban J connectivity index is 1.79. The number of carbonyl (C=O) groups is 2. The third-order valence-electron chi connectivity index (χ3n) is 4.14. The van der Waals surface area contributed by atoms with Crippen LogP contribution in [0.2, 0.25) is 0 Å². The number of nitrogens with zero attached hydrogens (tertiary/aromatic N) is 1. The van der Waals surface area contributed by atoms with E-state index in [-0.39, 0.29) is 12.5 Å². The summed E-state index contributed by atoms with van der Waals surface area (Å²) >= 11 is 4.68. The number of benzene rings is 2. The number of carbonyl (C=O) groups excluding carboxylic acids is 2. The van der Waals surface area contributed by atoms with Crippen molar-refractivity contribution in [2.45, 2.75) is 20.3 Å². The van der Waals surface area contributed by atoms with Crippen LogP contribution in [0.15, 0.2) is 56.8 Å². The van der Waals surface area contributed by atoms with Crippen LogP contribution in [0.25, 0.3) is 6.08 Å². The highest BCUT2D eigenvalue weighted by Gasteiger charge is 2.24. The van der Waals surface area contributed by atoms with Crippen molar-refractivity contribution < 1.29 is 19.1 Å². The second kappa shape index (κ2) is 10.4. The molecule has 1 aliphatic heterocycles. The predicted octanol–water partition coefficient (Wildman–Crippen LogP) is 4.85. The molecule has 0 bridgehead atoms. The van der Waals surface area contributed by atoms with E-state index in [0.29, 0.717) is 28.0 Å². The van der Waals surface area contributed by atoms with E-state index in [9.17, 15) is 9.59 Å². The summed E-state index contributed by atoms with van der Waals surface area (Å²) in [7, 11) is 0. The molecule has 0 aromatic heterocycles. The summed E-state index contributed by atoms with van der Waals surface area (Å²) in [6, 6.07) is 13.2. The van der Waals surface area contributed by atoms with Crippen molar-refractivity contribution in [3.05, 3.63) is 63.0 Å². The SMILES string of the molecule is CCOC(=O)COc1ccc(Br)cc1/C=C1\SC(=Nc2ccc(CC)cc2)NC1=O. The van der Waals surface area contributed by atoms with E-state index in [4.69, 9.17) is 9.47 Å². The molecule has 1 fully saturated rings. The van der Waals surface area contributed by atoms with Gasteiger partial charge < -0.3 is 14.8 Å². The van der Waals surface area contributed by atoms with Gasteiger partial charge in [0.15, 0.2) is 11.8 Å². The Labute approximate surface area is 187 Å². The van der Waals surface area contributed by atoms with Gasteiger partial charge in [0.2, 0.25) is 0 Å². The van der Waals surface area contributed by atoms with E-state index < -0.39 is 5.97 Å². The fraction of sp³-hybridized carbons (Fsp3) is 0.227. The maximum Gasteiger partial charge on any atom is 0.344 e. The van der Waals surface area contributed by atoms with Gasteiger partial charge in [-0.15, -0.1) is 0 Å². The minimum absolute atomic E-state index is 0.203. The van der Waals surface area contributed by atoms with Crippen LogP contribution in [0, 0.1) is 0 Å². The van der Waals surface area contributed by atoms with Gasteiger partial charge in [-0.3, -0.25) is 4.79 Å². The normalized spacial score (nSPS) is 16.0. The van der Waals surface area contributed by atoms with Gasteiger partial charge in [-0.05, 0) is 67.1 Å². The molecule has 0 unspecified atom stereocenters. The van der Waals surface area contributed by atoms with Crippen LogP contribution in [0.5, 0.6) is 5.75 Å². The first-order chi connectivity index (χ1) is 14.5. The molecular formula is C22H21BrN2O4S. The molecule has 30 heavy (non-hydrogen) atoms. The highest BCUT2D eigenvalue weighted by atomic mass is 79.9. The number of nitrogens with one attached hydrogen (secondary N) is 1. The lowest BCUT2D eigenvalue weighted by molar-refractivity contribution is -0.145. The summed E-state index contributed by atoms with van der Waals surface area (Å²) in [5, 5.41) is 3.29. The number of esters is 1. The number of aliphatic imine (C=N–C) groups is 1. The molecule has 2 aromatic carbocycles. The largest absolute Gasteiger partial charge is 0.481 e. The monoisotopic (exact) mass is 488 g/mol. The fourth-order valence-electron chi connectivity index (χ4n) is 2.65. The van der Waals surface area contributed by atoms with Crippen LogP contribution < -0.4 is 10.1 Å². The lowest BCUT2D eigenvalue weighted by Crippen LogP contribution is -2.19. The molecule has 6 nitrogen and oxygen atoms in total. The summed E-state index contributed by atoms with van der Waals surface area (Å²) in [5.74, 6) is -0.205. The molecular weight excluding hydrogens is 468 g/mol. The topological polar surface area (TPSA) is 77.0 Å². The first-order valence-electron chi connectivity index (χ1n) is 9.45. The van der Waals surface area contributed by atoms with Gasteiger partial charge in [0.05, 0.1) is 17.2 Å². The molecule has 156 valence electrons. The van der Waals surface area contributed by atoms with E-state index in [1.54, 1.807) is 25.1 Å². The predicted molar refractivity (Wildman–Crippen MR) is 123 cm³/mol. The summed E-state index contributed by atoms with van der Waals surface area (Å²) in [4.78, 5) is 29.0. The Morgan fingerprint density at radius 2 is 1.97 bits per heavy atom. The highest BCUT2D eigenvalue weighted by molar-refractivity contribution is 9.10. The number of rotatable bonds is 7. The van der Waals surface area contributed by atoms with Crippen LogP contribution in [0.3, 0.4) is 0 Å². The quantitative estimate of drug-likeness (QED) is 0.445. The zero-order chi connectivity index (χ0) is 21.5. The number of thioether (sulfide) groups is 1. The van der Waals surface area contributed by atoms with Crippen molar-refractivity contribution in [3.8, 4) is 5.75 Å². The molecule has 1 amide bonds. The number of amidine groups is 1. The summed E-state index contributed by atoms with van der Waals surface area (Å²) in [6.07, 6.45) is 2.68. The first-order valence-corrected chi connectivity index (χ1v) is 11.1. The maximum atomic E-state index is 12.4. The van der Waals surface area contributed by atoms with Gasteiger partial charge in [-0.1, -0.05) is 35.0 Å². The standard InChI is InChI=1S/C22H21BrN2O4S/c1-3-14-5-8-17(9-6-14)24-22-25-21(27)19(30-22)12-15-11-16(23)7-10-18(15)29-13-20(26)28-4-2/h5-12H,3-4,13H2,1-2H3,(H,24,25,27)/b19-12-. The Hall–Kier alpha value is -2.58. The molecule has 0 saturated carbocycles. The number of hydrogen-bond donors (Lipinski definition) is 1. The zero-order valence-corrected chi connectivity index (χ0v) is 19.0. The van der Waals surface area contributed by atoms with E-state index in [0.717, 1.165) is 16.6 Å². The van der Waals surface area contributed by atoms with Gasteiger partial charge in [-0.25, -0.2) is 9.79 Å². The van der Waals surface area contributed by atoms with Gasteiger partial charge in [-0.2, -0.15) is 0 Å². The highest BCUT2D eigenvalue weighted by Crippen LogP contribution is 2.32. The molecule has 0 aliphatic carbocycles. The van der Waals surface area contributed by atoms with Crippen LogP contribution in [0.1, 0.15) is 25.0 Å². The van der Waals surface area contributed by atoms with E-state index >= 15 is 0 Å². The van der Waals surface area contributed by atoms with Crippen molar-refractivity contribution in [1.29, 1.82) is 0 Å². The molecule has 8 heteroatoms. The van der Waals surface area contributed by atoms with Gasteiger partial charge >= 0.3 is 5.97 Å². The van der Waals surface area contributed by atoms with Crippen molar-refractivity contribution in [1.82, 2.24) is 5.32 Å². The molecule has 2 aromatic rings. The van der Waals surface area contributed by atoms with Crippen molar-refractivity contribution in [2.75, 3.05) is 13.2 Å². The number of halogens is 1. The maximum absolute atomic E-state index is 12.4.